The zero-order valence-electron chi connectivity index (χ0n) is 13.7. The molecule has 2 rings (SSSR count). The number of ether oxygens (including phenoxy) is 1. The average Bonchev–Trinajstić information content (AvgIpc) is 3.27. The van der Waals surface area contributed by atoms with E-state index in [4.69, 9.17) is 4.74 Å². The predicted molar refractivity (Wildman–Crippen MR) is 86.0 cm³/mol. The predicted octanol–water partition coefficient (Wildman–Crippen LogP) is 4.39. The molecule has 2 aliphatic carbocycles. The van der Waals surface area contributed by atoms with E-state index in [2.05, 4.69) is 19.2 Å². The molecule has 118 valence electrons. The lowest BCUT2D eigenvalue weighted by atomic mass is 9.71. The Morgan fingerprint density at radius 2 is 1.85 bits per heavy atom. The van der Waals surface area contributed by atoms with Gasteiger partial charge in [0.15, 0.2) is 0 Å². The summed E-state index contributed by atoms with van der Waals surface area (Å²) >= 11 is 0. The second-order valence-electron chi connectivity index (χ2n) is 7.01. The zero-order chi connectivity index (χ0) is 14.2. The minimum absolute atomic E-state index is 0.868. The molecule has 0 amide bonds. The molecule has 0 spiro atoms. The second-order valence-corrected chi connectivity index (χ2v) is 7.01. The summed E-state index contributed by atoms with van der Waals surface area (Å²) < 4.78 is 5.53. The van der Waals surface area contributed by atoms with E-state index in [9.17, 15) is 0 Å². The SMILES string of the molecule is CCCC1CCC(CNC2CC2)C(CCCOCC)C1. The molecule has 2 heteroatoms. The third kappa shape index (κ3) is 5.73. The third-order valence-electron chi connectivity index (χ3n) is 5.26. The lowest BCUT2D eigenvalue weighted by Gasteiger charge is -2.36. The van der Waals surface area contributed by atoms with Crippen molar-refractivity contribution in [2.45, 2.75) is 77.7 Å². The van der Waals surface area contributed by atoms with Crippen molar-refractivity contribution < 1.29 is 4.74 Å². The Morgan fingerprint density at radius 1 is 1.00 bits per heavy atom. The van der Waals surface area contributed by atoms with Gasteiger partial charge in [-0.25, -0.2) is 0 Å². The lowest BCUT2D eigenvalue weighted by Crippen LogP contribution is -2.34. The maximum Gasteiger partial charge on any atom is 0.0465 e. The molecule has 0 bridgehead atoms. The lowest BCUT2D eigenvalue weighted by molar-refractivity contribution is 0.116. The van der Waals surface area contributed by atoms with Crippen molar-refractivity contribution in [3.05, 3.63) is 0 Å². The Balaban J connectivity index is 1.73. The monoisotopic (exact) mass is 281 g/mol. The van der Waals surface area contributed by atoms with Gasteiger partial charge >= 0.3 is 0 Å². The van der Waals surface area contributed by atoms with Crippen molar-refractivity contribution in [3.63, 3.8) is 0 Å². The van der Waals surface area contributed by atoms with Crippen LogP contribution in [0.1, 0.15) is 71.6 Å². The van der Waals surface area contributed by atoms with Crippen LogP contribution in [0.2, 0.25) is 0 Å². The highest BCUT2D eigenvalue weighted by atomic mass is 16.5. The van der Waals surface area contributed by atoms with Crippen LogP contribution < -0.4 is 5.32 Å². The fourth-order valence-electron chi connectivity index (χ4n) is 3.91. The molecule has 0 aromatic heterocycles. The second kappa shape index (κ2) is 9.04. The molecule has 2 fully saturated rings. The van der Waals surface area contributed by atoms with Gasteiger partial charge in [0, 0.05) is 19.3 Å². The van der Waals surface area contributed by atoms with Crippen LogP contribution in [0.5, 0.6) is 0 Å². The Hall–Kier alpha value is -0.0800. The van der Waals surface area contributed by atoms with Gasteiger partial charge in [0.05, 0.1) is 0 Å². The van der Waals surface area contributed by atoms with Gasteiger partial charge in [-0.15, -0.1) is 0 Å². The van der Waals surface area contributed by atoms with E-state index in [0.717, 1.165) is 37.0 Å². The Bertz CT molecular complexity index is 252. The molecule has 0 aromatic rings. The normalized spacial score (nSPS) is 30.6. The van der Waals surface area contributed by atoms with E-state index in [1.807, 2.05) is 0 Å². The maximum atomic E-state index is 5.53. The van der Waals surface area contributed by atoms with Crippen LogP contribution in [0, 0.1) is 17.8 Å². The molecule has 2 saturated carbocycles. The summed E-state index contributed by atoms with van der Waals surface area (Å²) in [5.74, 6) is 2.90. The summed E-state index contributed by atoms with van der Waals surface area (Å²) in [6, 6.07) is 0.868. The van der Waals surface area contributed by atoms with Crippen molar-refractivity contribution in [3.8, 4) is 0 Å². The molecule has 3 atom stereocenters. The van der Waals surface area contributed by atoms with Crippen LogP contribution in [0.4, 0.5) is 0 Å². The summed E-state index contributed by atoms with van der Waals surface area (Å²) in [4.78, 5) is 0. The smallest absolute Gasteiger partial charge is 0.0465 e. The average molecular weight is 281 g/mol. The highest BCUT2D eigenvalue weighted by molar-refractivity contribution is 4.86. The number of hydrogen-bond acceptors (Lipinski definition) is 2. The minimum atomic E-state index is 0.868. The van der Waals surface area contributed by atoms with E-state index in [1.54, 1.807) is 0 Å². The fraction of sp³-hybridized carbons (Fsp3) is 1.00. The quantitative estimate of drug-likeness (QED) is 0.600. The van der Waals surface area contributed by atoms with Gasteiger partial charge in [-0.05, 0) is 69.7 Å². The first kappa shape index (κ1) is 16.3. The van der Waals surface area contributed by atoms with Crippen molar-refractivity contribution >= 4 is 0 Å². The molecule has 0 heterocycles. The van der Waals surface area contributed by atoms with Crippen molar-refractivity contribution in [1.29, 1.82) is 0 Å². The molecular weight excluding hydrogens is 246 g/mol. The van der Waals surface area contributed by atoms with Crippen LogP contribution in [0.25, 0.3) is 0 Å². The van der Waals surface area contributed by atoms with Gasteiger partial charge in [0.2, 0.25) is 0 Å². The molecule has 0 saturated heterocycles. The molecular formula is C18H35NO. The molecule has 0 radical (unpaired) electrons. The van der Waals surface area contributed by atoms with E-state index in [0.29, 0.717) is 0 Å². The van der Waals surface area contributed by atoms with E-state index >= 15 is 0 Å². The van der Waals surface area contributed by atoms with Gasteiger partial charge in [-0.3, -0.25) is 0 Å². The molecule has 3 unspecified atom stereocenters. The van der Waals surface area contributed by atoms with Gasteiger partial charge in [0.25, 0.3) is 0 Å². The molecule has 1 N–H and O–H groups in total. The van der Waals surface area contributed by atoms with Crippen LogP contribution >= 0.6 is 0 Å². The molecule has 2 aliphatic rings. The zero-order valence-corrected chi connectivity index (χ0v) is 13.7. The maximum absolute atomic E-state index is 5.53. The third-order valence-corrected chi connectivity index (χ3v) is 5.26. The number of hydrogen-bond donors (Lipinski definition) is 1. The van der Waals surface area contributed by atoms with E-state index in [1.165, 1.54) is 64.3 Å². The number of nitrogens with one attached hydrogen (secondary N) is 1. The van der Waals surface area contributed by atoms with Crippen LogP contribution in [0.15, 0.2) is 0 Å². The van der Waals surface area contributed by atoms with Crippen LogP contribution in [-0.4, -0.2) is 25.8 Å². The number of rotatable bonds is 10. The van der Waals surface area contributed by atoms with E-state index < -0.39 is 0 Å². The van der Waals surface area contributed by atoms with Gasteiger partial charge in [0.1, 0.15) is 0 Å². The Kier molecular flexibility index (Phi) is 7.37. The summed E-state index contributed by atoms with van der Waals surface area (Å²) in [5, 5.41) is 3.77. The van der Waals surface area contributed by atoms with Crippen molar-refractivity contribution in [2.75, 3.05) is 19.8 Å². The summed E-state index contributed by atoms with van der Waals surface area (Å²) in [6.07, 6.45) is 12.7. The topological polar surface area (TPSA) is 21.3 Å². The Morgan fingerprint density at radius 3 is 2.55 bits per heavy atom. The highest BCUT2D eigenvalue weighted by Gasteiger charge is 2.31. The largest absolute Gasteiger partial charge is 0.382 e. The van der Waals surface area contributed by atoms with Crippen LogP contribution in [-0.2, 0) is 4.74 Å². The first-order chi connectivity index (χ1) is 9.83. The van der Waals surface area contributed by atoms with Gasteiger partial charge in [-0.2, -0.15) is 0 Å². The summed E-state index contributed by atoms with van der Waals surface area (Å²) in [5.41, 5.74) is 0. The minimum Gasteiger partial charge on any atom is -0.382 e. The van der Waals surface area contributed by atoms with Gasteiger partial charge in [-0.1, -0.05) is 26.2 Å². The molecule has 0 aliphatic heterocycles. The molecule has 20 heavy (non-hydrogen) atoms. The van der Waals surface area contributed by atoms with Crippen molar-refractivity contribution in [2.24, 2.45) is 17.8 Å². The van der Waals surface area contributed by atoms with E-state index in [-0.39, 0.29) is 0 Å². The first-order valence-corrected chi connectivity index (χ1v) is 9.14. The van der Waals surface area contributed by atoms with Crippen LogP contribution in [0.3, 0.4) is 0 Å². The van der Waals surface area contributed by atoms with Gasteiger partial charge < -0.3 is 10.1 Å². The Labute approximate surface area is 126 Å². The standard InChI is InChI=1S/C18H35NO/c1-3-6-15-8-9-17(14-19-18-10-11-18)16(13-15)7-5-12-20-4-2/h15-19H,3-14H2,1-2H3. The highest BCUT2D eigenvalue weighted by Crippen LogP contribution is 2.38. The fourth-order valence-corrected chi connectivity index (χ4v) is 3.91. The first-order valence-electron chi connectivity index (χ1n) is 9.14. The van der Waals surface area contributed by atoms with Crippen molar-refractivity contribution in [1.82, 2.24) is 5.32 Å². The summed E-state index contributed by atoms with van der Waals surface area (Å²) in [6.45, 7) is 7.55. The summed E-state index contributed by atoms with van der Waals surface area (Å²) in [7, 11) is 0. The molecule has 2 nitrogen and oxygen atoms in total. The molecule has 0 aromatic carbocycles.